The average Bonchev–Trinajstić information content (AvgIpc) is 2.56. The summed E-state index contributed by atoms with van der Waals surface area (Å²) < 4.78 is 11.1. The van der Waals surface area contributed by atoms with Gasteiger partial charge in [0.1, 0.15) is 0 Å². The number of esters is 2. The lowest BCUT2D eigenvalue weighted by Crippen LogP contribution is -2.23. The van der Waals surface area contributed by atoms with E-state index in [9.17, 15) is 14.4 Å². The number of nitrogens with zero attached hydrogens (tertiary/aromatic N) is 1. The van der Waals surface area contributed by atoms with E-state index in [0.29, 0.717) is 5.02 Å². The Balaban J connectivity index is 2.10. The molecule has 132 valence electrons. The van der Waals surface area contributed by atoms with Gasteiger partial charge in [-0.3, -0.25) is 4.79 Å². The summed E-state index contributed by atoms with van der Waals surface area (Å²) in [5.41, 5.74) is 0.622. The Labute approximate surface area is 149 Å². The molecule has 0 radical (unpaired) electrons. The Morgan fingerprint density at radius 1 is 1.16 bits per heavy atom. The van der Waals surface area contributed by atoms with Gasteiger partial charge in [0.25, 0.3) is 5.56 Å². The van der Waals surface area contributed by atoms with Crippen molar-refractivity contribution in [2.45, 2.75) is 26.5 Å². The van der Waals surface area contributed by atoms with Crippen LogP contribution < -0.4 is 5.56 Å². The van der Waals surface area contributed by atoms with E-state index in [-0.39, 0.29) is 23.8 Å². The third-order valence-corrected chi connectivity index (χ3v) is 3.57. The number of ether oxygens (including phenoxy) is 2. The van der Waals surface area contributed by atoms with Crippen LogP contribution in [0.1, 0.15) is 29.8 Å². The van der Waals surface area contributed by atoms with Crippen LogP contribution in [0.15, 0.2) is 47.4 Å². The monoisotopic (exact) mass is 363 g/mol. The van der Waals surface area contributed by atoms with E-state index >= 15 is 0 Å². The number of pyridine rings is 1. The van der Waals surface area contributed by atoms with Crippen molar-refractivity contribution in [3.8, 4) is 0 Å². The van der Waals surface area contributed by atoms with E-state index in [0.717, 1.165) is 5.56 Å². The minimum atomic E-state index is -0.714. The summed E-state index contributed by atoms with van der Waals surface area (Å²) in [6.07, 6.45) is 1.09. The fourth-order valence-electron chi connectivity index (χ4n) is 2.09. The number of halogens is 1. The average molecular weight is 364 g/mol. The van der Waals surface area contributed by atoms with E-state index in [1.54, 1.807) is 32.0 Å². The topological polar surface area (TPSA) is 74.6 Å². The van der Waals surface area contributed by atoms with E-state index < -0.39 is 18.5 Å². The summed E-state index contributed by atoms with van der Waals surface area (Å²) >= 11 is 6.10. The standard InChI is InChI=1S/C18H18ClNO5/c1-12(2)25-17(22)11-24-18(23)14-7-8-16(21)20(10-14)9-13-5-3-4-6-15(13)19/h3-8,10,12H,9,11H2,1-2H3. The molecule has 0 aliphatic rings. The SMILES string of the molecule is CC(C)OC(=O)COC(=O)c1ccc(=O)n(Cc2ccccc2Cl)c1. The Kier molecular flexibility index (Phi) is 6.36. The second-order valence-electron chi connectivity index (χ2n) is 5.59. The predicted octanol–water partition coefficient (Wildman–Crippen LogP) is 2.66. The highest BCUT2D eigenvalue weighted by molar-refractivity contribution is 6.31. The summed E-state index contributed by atoms with van der Waals surface area (Å²) in [4.78, 5) is 35.5. The largest absolute Gasteiger partial charge is 0.460 e. The van der Waals surface area contributed by atoms with Gasteiger partial charge in [0, 0.05) is 17.3 Å². The highest BCUT2D eigenvalue weighted by Gasteiger charge is 2.13. The molecule has 0 bridgehead atoms. The number of carbonyl (C=O) groups is 2. The quantitative estimate of drug-likeness (QED) is 0.737. The van der Waals surface area contributed by atoms with Crippen molar-refractivity contribution >= 4 is 23.5 Å². The molecule has 0 aliphatic heterocycles. The van der Waals surface area contributed by atoms with Gasteiger partial charge in [0.05, 0.1) is 18.2 Å². The van der Waals surface area contributed by atoms with Crippen molar-refractivity contribution in [2.24, 2.45) is 0 Å². The summed E-state index contributed by atoms with van der Waals surface area (Å²) in [5, 5.41) is 0.527. The first-order valence-electron chi connectivity index (χ1n) is 7.67. The molecule has 1 aromatic heterocycles. The number of hydrogen-bond acceptors (Lipinski definition) is 5. The summed E-state index contributed by atoms with van der Waals surface area (Å²) in [6, 6.07) is 9.73. The molecule has 0 atom stereocenters. The van der Waals surface area contributed by atoms with Crippen LogP contribution in [0.2, 0.25) is 5.02 Å². The number of carbonyl (C=O) groups excluding carboxylic acids is 2. The molecule has 0 amide bonds. The Morgan fingerprint density at radius 3 is 2.56 bits per heavy atom. The van der Waals surface area contributed by atoms with Crippen molar-refractivity contribution in [2.75, 3.05) is 6.61 Å². The molecule has 0 N–H and O–H groups in total. The first-order chi connectivity index (χ1) is 11.9. The highest BCUT2D eigenvalue weighted by atomic mass is 35.5. The molecule has 0 saturated heterocycles. The Bertz CT molecular complexity index is 828. The van der Waals surface area contributed by atoms with Crippen LogP contribution in [0.5, 0.6) is 0 Å². The zero-order valence-electron chi connectivity index (χ0n) is 13.9. The zero-order chi connectivity index (χ0) is 18.4. The lowest BCUT2D eigenvalue weighted by atomic mass is 10.2. The van der Waals surface area contributed by atoms with Crippen LogP contribution in [-0.4, -0.2) is 29.2 Å². The molecular weight excluding hydrogens is 346 g/mol. The lowest BCUT2D eigenvalue weighted by molar-refractivity contribution is -0.150. The smallest absolute Gasteiger partial charge is 0.344 e. The van der Waals surface area contributed by atoms with Crippen LogP contribution in [0, 0.1) is 0 Å². The van der Waals surface area contributed by atoms with Gasteiger partial charge in [-0.1, -0.05) is 29.8 Å². The van der Waals surface area contributed by atoms with Gasteiger partial charge in [-0.15, -0.1) is 0 Å². The molecule has 0 fully saturated rings. The van der Waals surface area contributed by atoms with Gasteiger partial charge in [0.2, 0.25) is 0 Å². The third kappa shape index (κ3) is 5.46. The van der Waals surface area contributed by atoms with E-state index in [4.69, 9.17) is 21.1 Å². The maximum atomic E-state index is 12.0. The predicted molar refractivity (Wildman–Crippen MR) is 92.8 cm³/mol. The van der Waals surface area contributed by atoms with Crippen LogP contribution in [0.25, 0.3) is 0 Å². The van der Waals surface area contributed by atoms with Gasteiger partial charge in [-0.2, -0.15) is 0 Å². The van der Waals surface area contributed by atoms with Crippen molar-refractivity contribution in [1.82, 2.24) is 4.57 Å². The number of benzene rings is 1. The van der Waals surface area contributed by atoms with Gasteiger partial charge >= 0.3 is 11.9 Å². The van der Waals surface area contributed by atoms with E-state index in [1.807, 2.05) is 6.07 Å². The van der Waals surface area contributed by atoms with Crippen molar-refractivity contribution in [3.05, 3.63) is 69.1 Å². The fourth-order valence-corrected chi connectivity index (χ4v) is 2.29. The number of hydrogen-bond donors (Lipinski definition) is 0. The summed E-state index contributed by atoms with van der Waals surface area (Å²) in [6.45, 7) is 3.13. The van der Waals surface area contributed by atoms with Gasteiger partial charge in [0.15, 0.2) is 6.61 Å². The molecule has 2 rings (SSSR count). The first-order valence-corrected chi connectivity index (χ1v) is 8.05. The molecule has 7 heteroatoms. The molecule has 1 heterocycles. The second kappa shape index (κ2) is 8.48. The molecule has 0 aliphatic carbocycles. The van der Waals surface area contributed by atoms with Crippen LogP contribution >= 0.6 is 11.6 Å². The van der Waals surface area contributed by atoms with Gasteiger partial charge in [-0.25, -0.2) is 9.59 Å². The normalized spacial score (nSPS) is 10.6. The van der Waals surface area contributed by atoms with Crippen LogP contribution in [-0.2, 0) is 20.8 Å². The molecule has 25 heavy (non-hydrogen) atoms. The summed E-state index contributed by atoms with van der Waals surface area (Å²) in [5.74, 6) is -1.35. The number of rotatable bonds is 6. The van der Waals surface area contributed by atoms with Gasteiger partial charge in [-0.05, 0) is 31.5 Å². The fraction of sp³-hybridized carbons (Fsp3) is 0.278. The molecule has 6 nitrogen and oxygen atoms in total. The Hall–Kier alpha value is -2.60. The molecular formula is C18H18ClNO5. The molecule has 2 aromatic rings. The summed E-state index contributed by atoms with van der Waals surface area (Å²) in [7, 11) is 0. The minimum absolute atomic E-state index is 0.156. The van der Waals surface area contributed by atoms with Crippen molar-refractivity contribution in [1.29, 1.82) is 0 Å². The maximum Gasteiger partial charge on any atom is 0.344 e. The van der Waals surface area contributed by atoms with Gasteiger partial charge < -0.3 is 14.0 Å². The van der Waals surface area contributed by atoms with Crippen LogP contribution in [0.4, 0.5) is 0 Å². The maximum absolute atomic E-state index is 12.0. The van der Waals surface area contributed by atoms with E-state index in [1.165, 1.54) is 22.9 Å². The second-order valence-corrected chi connectivity index (χ2v) is 6.00. The number of aromatic nitrogens is 1. The highest BCUT2D eigenvalue weighted by Crippen LogP contribution is 2.15. The van der Waals surface area contributed by atoms with E-state index in [2.05, 4.69) is 0 Å². The zero-order valence-corrected chi connectivity index (χ0v) is 14.7. The molecule has 1 aromatic carbocycles. The first kappa shape index (κ1) is 18.7. The van der Waals surface area contributed by atoms with Crippen molar-refractivity contribution < 1.29 is 19.1 Å². The Morgan fingerprint density at radius 2 is 1.88 bits per heavy atom. The van der Waals surface area contributed by atoms with Crippen LogP contribution in [0.3, 0.4) is 0 Å². The third-order valence-electron chi connectivity index (χ3n) is 3.21. The molecule has 0 spiro atoms. The molecule has 0 unspecified atom stereocenters. The lowest BCUT2D eigenvalue weighted by Gasteiger charge is -2.10. The minimum Gasteiger partial charge on any atom is -0.460 e. The van der Waals surface area contributed by atoms with Crippen molar-refractivity contribution in [3.63, 3.8) is 0 Å². The molecule has 0 saturated carbocycles.